The van der Waals surface area contributed by atoms with Crippen LogP contribution < -0.4 is 11.3 Å². The van der Waals surface area contributed by atoms with Gasteiger partial charge in [0.2, 0.25) is 0 Å². The monoisotopic (exact) mass is 329 g/mol. The summed E-state index contributed by atoms with van der Waals surface area (Å²) in [5.74, 6) is 5.29. The third-order valence-corrected chi connectivity index (χ3v) is 4.23. The van der Waals surface area contributed by atoms with Gasteiger partial charge in [-0.15, -0.1) is 0 Å². The van der Waals surface area contributed by atoms with Gasteiger partial charge in [-0.1, -0.05) is 41.0 Å². The maximum atomic E-state index is 11.2. The van der Waals surface area contributed by atoms with Crippen molar-refractivity contribution in [3.63, 3.8) is 0 Å². The Morgan fingerprint density at radius 2 is 1.95 bits per heavy atom. The topological polar surface area (TPSA) is 81.2 Å². The van der Waals surface area contributed by atoms with Gasteiger partial charge in [-0.05, 0) is 30.3 Å². The Kier molecular flexibility index (Phi) is 4.72. The van der Waals surface area contributed by atoms with Crippen molar-refractivity contribution in [1.82, 2.24) is 0 Å². The average molecular weight is 330 g/mol. The van der Waals surface area contributed by atoms with E-state index in [2.05, 4.69) is 5.43 Å². The number of benzene rings is 2. The smallest absolute Gasteiger partial charge is 0.307 e. The molecule has 104 valence electrons. The van der Waals surface area contributed by atoms with Crippen LogP contribution in [-0.2, 0) is 0 Å². The van der Waals surface area contributed by atoms with Gasteiger partial charge in [0.15, 0.2) is 0 Å². The standard InChI is InChI=1S/C12H9Cl2N3O2S/c13-7-4-5-8(14)11(6-7)20-10-3-1-2-9(16-15)12(10)17(18)19/h1-6,16H,15H2. The van der Waals surface area contributed by atoms with E-state index < -0.39 is 4.92 Å². The fourth-order valence-corrected chi connectivity index (χ4v) is 3.07. The summed E-state index contributed by atoms with van der Waals surface area (Å²) in [5.41, 5.74) is 2.45. The van der Waals surface area contributed by atoms with Gasteiger partial charge in [0, 0.05) is 9.92 Å². The highest BCUT2D eigenvalue weighted by molar-refractivity contribution is 7.99. The molecule has 0 heterocycles. The largest absolute Gasteiger partial charge is 0.318 e. The Bertz CT molecular complexity index is 667. The van der Waals surface area contributed by atoms with Gasteiger partial charge in [0.25, 0.3) is 0 Å². The maximum Gasteiger partial charge on any atom is 0.307 e. The second kappa shape index (κ2) is 6.32. The molecule has 0 spiro atoms. The van der Waals surface area contributed by atoms with Crippen LogP contribution >= 0.6 is 35.0 Å². The lowest BCUT2D eigenvalue weighted by Crippen LogP contribution is -2.09. The zero-order valence-corrected chi connectivity index (χ0v) is 12.3. The second-order valence-corrected chi connectivity index (χ2v) is 5.66. The highest BCUT2D eigenvalue weighted by atomic mass is 35.5. The molecule has 2 rings (SSSR count). The number of nitrogens with zero attached hydrogens (tertiary/aromatic N) is 1. The van der Waals surface area contributed by atoms with Gasteiger partial charge in [0.05, 0.1) is 14.8 Å². The SMILES string of the molecule is NNc1cccc(Sc2cc(Cl)ccc2Cl)c1[N+](=O)[O-]. The first-order valence-corrected chi connectivity index (χ1v) is 6.97. The zero-order chi connectivity index (χ0) is 14.7. The zero-order valence-electron chi connectivity index (χ0n) is 9.97. The van der Waals surface area contributed by atoms with Gasteiger partial charge in [0.1, 0.15) is 5.69 Å². The number of hydrogen-bond donors (Lipinski definition) is 2. The van der Waals surface area contributed by atoms with E-state index in [0.29, 0.717) is 19.8 Å². The highest BCUT2D eigenvalue weighted by Crippen LogP contribution is 2.41. The summed E-state index contributed by atoms with van der Waals surface area (Å²) in [6.45, 7) is 0. The molecule has 2 aromatic carbocycles. The molecule has 20 heavy (non-hydrogen) atoms. The van der Waals surface area contributed by atoms with Crippen molar-refractivity contribution in [3.8, 4) is 0 Å². The number of nitro benzene ring substituents is 1. The summed E-state index contributed by atoms with van der Waals surface area (Å²) in [6, 6.07) is 9.77. The van der Waals surface area contributed by atoms with Gasteiger partial charge < -0.3 is 5.43 Å². The van der Waals surface area contributed by atoms with E-state index in [1.165, 1.54) is 6.07 Å². The molecule has 0 aromatic heterocycles. The number of halogens is 2. The van der Waals surface area contributed by atoms with Crippen molar-refractivity contribution in [1.29, 1.82) is 0 Å². The first-order chi connectivity index (χ1) is 9.52. The molecule has 0 saturated heterocycles. The van der Waals surface area contributed by atoms with Gasteiger partial charge in [-0.3, -0.25) is 16.0 Å². The van der Waals surface area contributed by atoms with E-state index in [9.17, 15) is 10.1 Å². The van der Waals surface area contributed by atoms with Crippen molar-refractivity contribution in [2.24, 2.45) is 5.84 Å². The van der Waals surface area contributed by atoms with E-state index in [-0.39, 0.29) is 11.4 Å². The quantitative estimate of drug-likeness (QED) is 0.495. The van der Waals surface area contributed by atoms with Crippen molar-refractivity contribution in [2.45, 2.75) is 9.79 Å². The van der Waals surface area contributed by atoms with Gasteiger partial charge in [-0.25, -0.2) is 0 Å². The van der Waals surface area contributed by atoms with E-state index in [4.69, 9.17) is 29.0 Å². The van der Waals surface area contributed by atoms with Crippen molar-refractivity contribution in [2.75, 3.05) is 5.43 Å². The summed E-state index contributed by atoms with van der Waals surface area (Å²) < 4.78 is 0. The van der Waals surface area contributed by atoms with E-state index in [0.717, 1.165) is 11.8 Å². The number of anilines is 1. The van der Waals surface area contributed by atoms with Crippen LogP contribution in [0.1, 0.15) is 0 Å². The van der Waals surface area contributed by atoms with Gasteiger partial charge >= 0.3 is 5.69 Å². The van der Waals surface area contributed by atoms with Crippen LogP contribution in [0.2, 0.25) is 10.0 Å². The summed E-state index contributed by atoms with van der Waals surface area (Å²) in [5, 5.41) is 12.2. The van der Waals surface area contributed by atoms with Crippen LogP contribution in [0, 0.1) is 10.1 Å². The normalized spacial score (nSPS) is 10.3. The minimum atomic E-state index is -0.490. The first kappa shape index (κ1) is 14.9. The minimum Gasteiger partial charge on any atom is -0.318 e. The molecule has 3 N–H and O–H groups in total. The van der Waals surface area contributed by atoms with E-state index in [1.807, 2.05) is 0 Å². The third-order valence-electron chi connectivity index (χ3n) is 2.45. The second-order valence-electron chi connectivity index (χ2n) is 3.73. The molecule has 0 saturated carbocycles. The number of para-hydroxylation sites is 1. The lowest BCUT2D eigenvalue weighted by Gasteiger charge is -2.08. The molecule has 0 amide bonds. The molecule has 2 aromatic rings. The van der Waals surface area contributed by atoms with Crippen LogP contribution in [-0.4, -0.2) is 4.92 Å². The highest BCUT2D eigenvalue weighted by Gasteiger charge is 2.20. The maximum absolute atomic E-state index is 11.2. The van der Waals surface area contributed by atoms with Gasteiger partial charge in [-0.2, -0.15) is 0 Å². The lowest BCUT2D eigenvalue weighted by molar-refractivity contribution is -0.386. The van der Waals surface area contributed by atoms with Crippen molar-refractivity contribution < 1.29 is 4.92 Å². The predicted octanol–water partition coefficient (Wildman–Crippen LogP) is 4.34. The Balaban J connectivity index is 2.48. The summed E-state index contributed by atoms with van der Waals surface area (Å²) >= 11 is 13.1. The molecule has 0 radical (unpaired) electrons. The van der Waals surface area contributed by atoms with E-state index in [1.54, 1.807) is 30.3 Å². The Hall–Kier alpha value is -1.47. The number of hydrazine groups is 1. The molecule has 8 heteroatoms. The fraction of sp³-hybridized carbons (Fsp3) is 0. The first-order valence-electron chi connectivity index (χ1n) is 5.40. The van der Waals surface area contributed by atoms with Crippen molar-refractivity contribution in [3.05, 3.63) is 56.6 Å². The van der Waals surface area contributed by atoms with Crippen LogP contribution in [0.5, 0.6) is 0 Å². The molecule has 5 nitrogen and oxygen atoms in total. The molecular formula is C12H9Cl2N3O2S. The fourth-order valence-electron chi connectivity index (χ4n) is 1.58. The molecular weight excluding hydrogens is 321 g/mol. The van der Waals surface area contributed by atoms with Crippen LogP contribution in [0.4, 0.5) is 11.4 Å². The van der Waals surface area contributed by atoms with Crippen LogP contribution in [0.15, 0.2) is 46.2 Å². The lowest BCUT2D eigenvalue weighted by atomic mass is 10.3. The van der Waals surface area contributed by atoms with Crippen LogP contribution in [0.25, 0.3) is 0 Å². The summed E-state index contributed by atoms with van der Waals surface area (Å²) in [6.07, 6.45) is 0. The Morgan fingerprint density at radius 1 is 1.20 bits per heavy atom. The minimum absolute atomic E-state index is 0.101. The Morgan fingerprint density at radius 3 is 2.60 bits per heavy atom. The molecule has 0 fully saturated rings. The average Bonchev–Trinajstić information content (AvgIpc) is 2.42. The summed E-state index contributed by atoms with van der Waals surface area (Å²) in [7, 11) is 0. The summed E-state index contributed by atoms with van der Waals surface area (Å²) in [4.78, 5) is 11.8. The van der Waals surface area contributed by atoms with Crippen LogP contribution in [0.3, 0.4) is 0 Å². The van der Waals surface area contributed by atoms with E-state index >= 15 is 0 Å². The number of nitrogen functional groups attached to an aromatic ring is 1. The number of nitrogens with two attached hydrogens (primary N) is 1. The molecule has 0 aliphatic carbocycles. The third kappa shape index (κ3) is 3.16. The molecule has 0 aliphatic heterocycles. The number of nitrogens with one attached hydrogen (secondary N) is 1. The number of nitro groups is 1. The predicted molar refractivity (Wildman–Crippen MR) is 81.5 cm³/mol. The van der Waals surface area contributed by atoms with Crippen molar-refractivity contribution >= 4 is 46.3 Å². The molecule has 0 aliphatic rings. The molecule has 0 unspecified atom stereocenters. The molecule has 0 bridgehead atoms. The number of rotatable bonds is 4. The Labute approximate surface area is 129 Å². The molecule has 0 atom stereocenters. The number of hydrogen-bond acceptors (Lipinski definition) is 5.